The fraction of sp³-hybridized carbons (Fsp3) is 0.527. The van der Waals surface area contributed by atoms with E-state index in [1.165, 1.54) is 232 Å². The molecule has 0 amide bonds. The molecule has 6 aliphatic carbocycles. The zero-order valence-corrected chi connectivity index (χ0v) is 82.8. The van der Waals surface area contributed by atoms with Gasteiger partial charge < -0.3 is 0 Å². The summed E-state index contributed by atoms with van der Waals surface area (Å²) in [5, 5.41) is 47.0. The molecule has 5 unspecified atom stereocenters. The number of pyridine rings is 5. The Morgan fingerprint density at radius 3 is 1.23 bits per heavy atom. The minimum Gasteiger partial charge on any atom is -0.299 e. The lowest BCUT2D eigenvalue weighted by atomic mass is 9.86. The SMILES string of the molecule is CCCCCN(Cc1cn(CC=C(C)C)nn1)C1CCCc2cccnc21.CCCCCN(Cc1cn(Cc2ccccc2)nn1)C1CCCc2cccnc21.CN(Cc1cn(CC2CCN(CC3=CN=CC3)CC2)nn1)C1CCCc2cccnc21.CN(Cc1cn(Cc2ccccc2)nn1)C1CCCc2cccnc21.CN(Cc1n[nH]nc1CC1CCCCC1)C1CCCc2cccnc21. The molecule has 2 aromatic carbocycles. The number of piperidine rings is 1. The zero-order chi connectivity index (χ0) is 94.1. The molecule has 27 heteroatoms. The van der Waals surface area contributed by atoms with E-state index in [1.807, 2.05) is 81.8 Å². The lowest BCUT2D eigenvalue weighted by molar-refractivity contribution is 0.160. The van der Waals surface area contributed by atoms with Crippen LogP contribution < -0.4 is 0 Å². The second-order valence-corrected chi connectivity index (χ2v) is 39.8. The first-order valence-electron chi connectivity index (χ1n) is 51.7. The topological polar surface area (TPSA) is 261 Å². The van der Waals surface area contributed by atoms with Crippen LogP contribution in [0, 0.1) is 11.8 Å². The molecule has 20 rings (SSSR count). The van der Waals surface area contributed by atoms with E-state index in [0.29, 0.717) is 36.1 Å². The van der Waals surface area contributed by atoms with Crippen molar-refractivity contribution in [3.63, 3.8) is 0 Å². The number of fused-ring (bicyclic) bond motifs is 5. The first kappa shape index (κ1) is 98.8. The number of H-pyrrole nitrogens is 1. The lowest BCUT2D eigenvalue weighted by Gasteiger charge is -2.34. The van der Waals surface area contributed by atoms with Gasteiger partial charge in [0.05, 0.1) is 131 Å². The second kappa shape index (κ2) is 51.5. The predicted molar refractivity (Wildman–Crippen MR) is 541 cm³/mol. The van der Waals surface area contributed by atoms with E-state index in [4.69, 9.17) is 9.97 Å². The lowest BCUT2D eigenvalue weighted by Crippen LogP contribution is -2.36. The Morgan fingerprint density at radius 1 is 0.394 bits per heavy atom. The summed E-state index contributed by atoms with van der Waals surface area (Å²) < 4.78 is 7.84. The van der Waals surface area contributed by atoms with Crippen molar-refractivity contribution in [2.75, 3.05) is 53.9 Å². The van der Waals surface area contributed by atoms with Crippen molar-refractivity contribution in [1.82, 2.24) is 130 Å². The number of likely N-dealkylation sites (tertiary alicyclic amines) is 1. The van der Waals surface area contributed by atoms with Crippen molar-refractivity contribution in [3.05, 3.63) is 302 Å². The Bertz CT molecular complexity index is 5690. The minimum absolute atomic E-state index is 0.365. The first-order chi connectivity index (χ1) is 67.3. The number of unbranched alkanes of at least 4 members (excludes halogenated alkanes) is 4. The van der Waals surface area contributed by atoms with Crippen molar-refractivity contribution in [2.24, 2.45) is 16.8 Å². The average molecular weight is 1850 g/mol. The van der Waals surface area contributed by atoms with Crippen molar-refractivity contribution in [2.45, 2.75) is 309 Å². The van der Waals surface area contributed by atoms with Crippen molar-refractivity contribution in [1.29, 1.82) is 0 Å². The van der Waals surface area contributed by atoms with Crippen LogP contribution >= 0.6 is 0 Å². The zero-order valence-electron chi connectivity index (χ0n) is 82.8. The van der Waals surface area contributed by atoms with Gasteiger partial charge in [-0.2, -0.15) is 15.4 Å². The van der Waals surface area contributed by atoms with Gasteiger partial charge in [-0.25, -0.2) is 14.0 Å². The van der Waals surface area contributed by atoms with Crippen LogP contribution in [-0.4, -0.2) is 190 Å². The molecule has 10 aromatic heterocycles. The van der Waals surface area contributed by atoms with Gasteiger partial charge in [0.1, 0.15) is 0 Å². The molecular formula is C110H149N27. The molecule has 0 radical (unpaired) electrons. The smallest absolute Gasteiger partial charge is 0.0996 e. The van der Waals surface area contributed by atoms with Gasteiger partial charge in [0.2, 0.25) is 0 Å². The van der Waals surface area contributed by atoms with Gasteiger partial charge in [0.15, 0.2) is 0 Å². The normalized spacial score (nSPS) is 18.6. The van der Waals surface area contributed by atoms with E-state index >= 15 is 0 Å². The third-order valence-corrected chi connectivity index (χ3v) is 29.0. The molecule has 12 heterocycles. The molecule has 137 heavy (non-hydrogen) atoms. The second-order valence-electron chi connectivity index (χ2n) is 39.8. The Labute approximate surface area is 813 Å². The van der Waals surface area contributed by atoms with Crippen LogP contribution in [0.4, 0.5) is 0 Å². The van der Waals surface area contributed by atoms with Gasteiger partial charge in [0.25, 0.3) is 0 Å². The number of nitrogens with zero attached hydrogens (tertiary/aromatic N) is 26. The Balaban J connectivity index is 0.000000124. The molecule has 2 aliphatic heterocycles. The quantitative estimate of drug-likeness (QED) is 0.0286. The highest BCUT2D eigenvalue weighted by Crippen LogP contribution is 2.40. The fourth-order valence-corrected chi connectivity index (χ4v) is 21.6. The number of nitrogens with one attached hydrogen (secondary N) is 1. The molecule has 2 fully saturated rings. The number of aliphatic imine (C=N–C) groups is 1. The largest absolute Gasteiger partial charge is 0.299 e. The van der Waals surface area contributed by atoms with E-state index in [9.17, 15) is 0 Å². The van der Waals surface area contributed by atoms with E-state index in [-0.39, 0.29) is 0 Å². The number of hydrogen-bond acceptors (Lipinski definition) is 22. The van der Waals surface area contributed by atoms with E-state index < -0.39 is 0 Å². The molecule has 1 N–H and O–H groups in total. The number of allylic oxidation sites excluding steroid dienone is 2. The van der Waals surface area contributed by atoms with Crippen molar-refractivity contribution >= 4 is 6.21 Å². The highest BCUT2D eigenvalue weighted by atomic mass is 15.5. The maximum absolute atomic E-state index is 4.77. The minimum atomic E-state index is 0.365. The summed E-state index contributed by atoms with van der Waals surface area (Å²) in [5.41, 5.74) is 25.0. The van der Waals surface area contributed by atoms with Crippen molar-refractivity contribution in [3.8, 4) is 0 Å². The highest BCUT2D eigenvalue weighted by Gasteiger charge is 2.34. The summed E-state index contributed by atoms with van der Waals surface area (Å²) in [7, 11) is 6.55. The molecule has 1 saturated carbocycles. The first-order valence-corrected chi connectivity index (χ1v) is 51.7. The van der Waals surface area contributed by atoms with E-state index in [2.05, 4.69) is 287 Å². The summed E-state index contributed by atoms with van der Waals surface area (Å²) >= 11 is 0. The molecule has 27 nitrogen and oxygen atoms in total. The molecule has 1 saturated heterocycles. The molecule has 0 bridgehead atoms. The van der Waals surface area contributed by atoms with Gasteiger partial charge in [-0.15, -0.1) is 20.4 Å². The fourth-order valence-electron chi connectivity index (χ4n) is 21.6. The Kier molecular flexibility index (Phi) is 37.1. The number of benzene rings is 2. The molecular weight excluding hydrogens is 1700 g/mol. The van der Waals surface area contributed by atoms with E-state index in [1.54, 1.807) is 0 Å². The van der Waals surface area contributed by atoms with Crippen LogP contribution in [0.25, 0.3) is 0 Å². The van der Waals surface area contributed by atoms with Crippen LogP contribution in [0.5, 0.6) is 0 Å². The third kappa shape index (κ3) is 28.8. The number of aryl methyl sites for hydroxylation is 5. The van der Waals surface area contributed by atoms with E-state index in [0.717, 1.165) is 171 Å². The highest BCUT2D eigenvalue weighted by molar-refractivity contribution is 5.65. The standard InChI is InChI=1S/C24H33N7.C24H31N5.C22H33N5.C20H23N5.C20H29N5/c1-29(23-6-2-4-21-5-3-10-26-24(21)23)17-22-18-31(28-27-22)16-19-8-12-30(13-9-19)15-20-7-11-25-14-20;1-2-3-7-16-28(23-14-8-12-21-13-9-15-25-24(21)23)18-22-19-29(27-26-22)17-20-10-5-4-6-11-20;1-4-5-6-14-26(16-20-17-27(25-24-20)15-12-18(2)3)21-11-7-9-19-10-8-13-23-22(19)21;1-24(19-11-5-9-17-10-6-12-21-20(17)19)14-18-15-25(23-22-18)13-16-7-3-2-4-8-16;1-25(19-11-5-9-16-10-6-12-21-20(16)19)14-18-17(22-24-23-18)13-15-7-3-2-4-8-15/h3,5,10-11,14,18-19,23H,2,4,6-9,12-13,15-17H2,1H3;4-6,9-11,13,15,19,23H,2-3,7-8,12,14,16-18H2,1H3;8,10,12-13,17,21H,4-7,9,11,14-16H2,1-3H3;2-4,6-8,10,12,15,19H,5,9,11,13-14H2,1H3;6,10,12,15,19H,2-5,7-9,11,13-14H2,1H3,(H,22,23,24). The molecule has 8 aliphatic rings. The third-order valence-electron chi connectivity index (χ3n) is 29.0. The number of hydrogen-bond donors (Lipinski definition) is 1. The summed E-state index contributed by atoms with van der Waals surface area (Å²) in [6.45, 7) is 21.7. The monoisotopic (exact) mass is 1850 g/mol. The van der Waals surface area contributed by atoms with Crippen LogP contribution in [-0.2, 0) is 97.4 Å². The maximum atomic E-state index is 4.77. The Morgan fingerprint density at radius 2 is 0.796 bits per heavy atom. The summed E-state index contributed by atoms with van der Waals surface area (Å²) in [5.74, 6) is 1.48. The van der Waals surface area contributed by atoms with Gasteiger partial charge in [0, 0.05) is 102 Å². The van der Waals surface area contributed by atoms with Crippen molar-refractivity contribution < 1.29 is 0 Å². The molecule has 724 valence electrons. The van der Waals surface area contributed by atoms with Gasteiger partial charge in [-0.1, -0.05) is 195 Å². The predicted octanol–water partition coefficient (Wildman–Crippen LogP) is 19.8. The summed E-state index contributed by atoms with van der Waals surface area (Å²) in [6, 6.07) is 44.1. The van der Waals surface area contributed by atoms with Gasteiger partial charge in [-0.3, -0.25) is 64.0 Å². The van der Waals surface area contributed by atoms with Crippen LogP contribution in [0.1, 0.15) is 314 Å². The Hall–Kier alpha value is -11.2. The average Bonchev–Trinajstić information content (AvgIpc) is 1.86. The summed E-state index contributed by atoms with van der Waals surface area (Å²) in [4.78, 5) is 42.6. The maximum Gasteiger partial charge on any atom is 0.0996 e. The number of aromatic nitrogens is 20. The molecule has 5 atom stereocenters. The molecule has 0 spiro atoms. The summed E-state index contributed by atoms with van der Waals surface area (Å²) in [6.07, 6.45) is 60.8. The number of rotatable bonds is 35. The van der Waals surface area contributed by atoms with Crippen LogP contribution in [0.2, 0.25) is 0 Å². The van der Waals surface area contributed by atoms with Crippen LogP contribution in [0.15, 0.2) is 206 Å². The molecule has 12 aromatic rings. The van der Waals surface area contributed by atoms with Crippen LogP contribution in [0.3, 0.4) is 0 Å². The number of aromatic amines is 1. The van der Waals surface area contributed by atoms with Gasteiger partial charge >= 0.3 is 0 Å². The van der Waals surface area contributed by atoms with Gasteiger partial charge in [-0.05, 0) is 276 Å².